The Balaban J connectivity index is 1.15. The summed E-state index contributed by atoms with van der Waals surface area (Å²) in [7, 11) is 0. The third-order valence-electron chi connectivity index (χ3n) is 10.2. The minimum atomic E-state index is 0.867. The summed E-state index contributed by atoms with van der Waals surface area (Å²) in [4.78, 5) is 2.40. The van der Waals surface area contributed by atoms with Gasteiger partial charge in [-0.05, 0) is 97.9 Å². The molecule has 1 heterocycles. The van der Waals surface area contributed by atoms with Crippen LogP contribution in [0.5, 0.6) is 0 Å². The van der Waals surface area contributed by atoms with Crippen molar-refractivity contribution in [3.8, 4) is 33.4 Å². The van der Waals surface area contributed by atoms with Gasteiger partial charge in [0.05, 0.1) is 16.8 Å². The van der Waals surface area contributed by atoms with E-state index >= 15 is 0 Å². The van der Waals surface area contributed by atoms with Gasteiger partial charge in [0.2, 0.25) is 0 Å². The first-order chi connectivity index (χ1) is 25.8. The Bertz CT molecular complexity index is 2920. The Hall–Kier alpha value is -6.90. The Morgan fingerprint density at radius 1 is 0.327 bits per heavy atom. The van der Waals surface area contributed by atoms with E-state index in [1.54, 1.807) is 0 Å². The smallest absolute Gasteiger partial charge is 0.137 e. The molecule has 2 heteroatoms. The summed E-state index contributed by atoms with van der Waals surface area (Å²) in [6.45, 7) is 0. The van der Waals surface area contributed by atoms with E-state index in [-0.39, 0.29) is 0 Å². The number of rotatable bonds is 6. The molecule has 2 nitrogen and oxygen atoms in total. The van der Waals surface area contributed by atoms with Gasteiger partial charge in [-0.25, -0.2) is 0 Å². The second kappa shape index (κ2) is 12.5. The summed E-state index contributed by atoms with van der Waals surface area (Å²) in [5, 5.41) is 7.16. The lowest BCUT2D eigenvalue weighted by Gasteiger charge is -2.29. The number of anilines is 3. The summed E-state index contributed by atoms with van der Waals surface area (Å²) < 4.78 is 6.42. The third kappa shape index (κ3) is 5.21. The molecule has 0 atom stereocenters. The molecule has 9 aromatic carbocycles. The fourth-order valence-electron chi connectivity index (χ4n) is 7.67. The van der Waals surface area contributed by atoms with Crippen molar-refractivity contribution in [3.63, 3.8) is 0 Å². The van der Waals surface area contributed by atoms with Crippen molar-refractivity contribution in [1.29, 1.82) is 0 Å². The topological polar surface area (TPSA) is 16.4 Å². The van der Waals surface area contributed by atoms with Crippen molar-refractivity contribution in [2.24, 2.45) is 0 Å². The molecule has 0 N–H and O–H groups in total. The monoisotopic (exact) mass is 663 g/mol. The summed E-state index contributed by atoms with van der Waals surface area (Å²) in [5.41, 5.74) is 12.0. The average Bonchev–Trinajstić information content (AvgIpc) is 3.61. The van der Waals surface area contributed by atoms with Crippen molar-refractivity contribution >= 4 is 60.5 Å². The van der Waals surface area contributed by atoms with Gasteiger partial charge in [0.25, 0.3) is 0 Å². The molecule has 0 fully saturated rings. The van der Waals surface area contributed by atoms with Crippen LogP contribution < -0.4 is 4.90 Å². The highest BCUT2D eigenvalue weighted by Gasteiger charge is 2.22. The Kier molecular flexibility index (Phi) is 7.18. The summed E-state index contributed by atoms with van der Waals surface area (Å²) in [5.74, 6) is 0. The highest BCUT2D eigenvalue weighted by molar-refractivity contribution is 6.14. The maximum Gasteiger partial charge on any atom is 0.137 e. The highest BCUT2D eigenvalue weighted by Crippen LogP contribution is 2.46. The molecule has 0 bridgehead atoms. The van der Waals surface area contributed by atoms with E-state index in [1.165, 1.54) is 38.2 Å². The fraction of sp³-hybridized carbons (Fsp3) is 0. The normalized spacial score (nSPS) is 11.5. The zero-order chi connectivity index (χ0) is 34.4. The molecule has 0 spiro atoms. The second-order valence-corrected chi connectivity index (χ2v) is 13.4. The van der Waals surface area contributed by atoms with Crippen molar-refractivity contribution in [1.82, 2.24) is 0 Å². The number of furan rings is 1. The van der Waals surface area contributed by atoms with Gasteiger partial charge in [0.1, 0.15) is 11.2 Å². The molecule has 1 aromatic heterocycles. The van der Waals surface area contributed by atoms with Gasteiger partial charge in [-0.3, -0.25) is 0 Å². The zero-order valence-electron chi connectivity index (χ0n) is 28.4. The first kappa shape index (κ1) is 30.0. The number of hydrogen-bond donors (Lipinski definition) is 0. The molecule has 0 aliphatic heterocycles. The van der Waals surface area contributed by atoms with E-state index < -0.39 is 0 Å². The molecular formula is C50H33NO. The van der Waals surface area contributed by atoms with Crippen molar-refractivity contribution in [2.45, 2.75) is 0 Å². The SMILES string of the molecule is c1cc(-c2ccc3ccccc3c2)cc(N(c2ccccc2-c2ccc(-c3ccc4ccccc4c3)cc2)c2cccc3oc4ccccc4c23)c1. The predicted molar refractivity (Wildman–Crippen MR) is 220 cm³/mol. The van der Waals surface area contributed by atoms with Crippen LogP contribution in [-0.2, 0) is 0 Å². The maximum absolute atomic E-state index is 6.42. The minimum absolute atomic E-state index is 0.867. The van der Waals surface area contributed by atoms with E-state index in [2.05, 4.69) is 199 Å². The van der Waals surface area contributed by atoms with Gasteiger partial charge in [0, 0.05) is 16.6 Å². The van der Waals surface area contributed by atoms with Crippen LogP contribution in [0.3, 0.4) is 0 Å². The molecule has 244 valence electrons. The van der Waals surface area contributed by atoms with Crippen LogP contribution in [0.2, 0.25) is 0 Å². The first-order valence-corrected chi connectivity index (χ1v) is 17.8. The molecular weight excluding hydrogens is 631 g/mol. The van der Waals surface area contributed by atoms with Crippen LogP contribution in [0.4, 0.5) is 17.1 Å². The van der Waals surface area contributed by atoms with E-state index in [4.69, 9.17) is 4.42 Å². The fourth-order valence-corrected chi connectivity index (χ4v) is 7.67. The lowest BCUT2D eigenvalue weighted by molar-refractivity contribution is 0.669. The molecule has 0 saturated carbocycles. The van der Waals surface area contributed by atoms with Crippen LogP contribution in [0.25, 0.3) is 76.9 Å². The lowest BCUT2D eigenvalue weighted by Crippen LogP contribution is -2.11. The third-order valence-corrected chi connectivity index (χ3v) is 10.2. The molecule has 0 radical (unpaired) electrons. The highest BCUT2D eigenvalue weighted by atomic mass is 16.3. The number of hydrogen-bond acceptors (Lipinski definition) is 2. The molecule has 0 unspecified atom stereocenters. The number of benzene rings is 9. The quantitative estimate of drug-likeness (QED) is 0.176. The van der Waals surface area contributed by atoms with Crippen molar-refractivity contribution in [2.75, 3.05) is 4.90 Å². The van der Waals surface area contributed by atoms with E-state index in [0.29, 0.717) is 0 Å². The standard InChI is InChI=1S/C50H33NO/c1-3-13-38-31-41(29-25-34(38)11-1)36-23-27-37(28-24-36)44-17-5-7-19-46(44)51(47-20-10-22-49-50(47)45-18-6-8-21-48(45)52-49)43-16-9-15-40(33-43)42-30-26-35-12-2-4-14-39(35)32-42/h1-33H. The molecule has 52 heavy (non-hydrogen) atoms. The Morgan fingerprint density at radius 2 is 0.865 bits per heavy atom. The van der Waals surface area contributed by atoms with Crippen LogP contribution in [0, 0.1) is 0 Å². The number of para-hydroxylation sites is 2. The summed E-state index contributed by atoms with van der Waals surface area (Å²) in [6.07, 6.45) is 0. The second-order valence-electron chi connectivity index (χ2n) is 13.4. The summed E-state index contributed by atoms with van der Waals surface area (Å²) >= 11 is 0. The van der Waals surface area contributed by atoms with Crippen LogP contribution in [-0.4, -0.2) is 0 Å². The van der Waals surface area contributed by atoms with Gasteiger partial charge in [0.15, 0.2) is 0 Å². The first-order valence-electron chi connectivity index (χ1n) is 17.8. The van der Waals surface area contributed by atoms with Crippen molar-refractivity contribution < 1.29 is 4.42 Å². The van der Waals surface area contributed by atoms with E-state index in [0.717, 1.165) is 55.7 Å². The molecule has 0 amide bonds. The average molecular weight is 664 g/mol. The van der Waals surface area contributed by atoms with Crippen LogP contribution >= 0.6 is 0 Å². The molecule has 0 aliphatic carbocycles. The number of fused-ring (bicyclic) bond motifs is 5. The van der Waals surface area contributed by atoms with Crippen molar-refractivity contribution in [3.05, 3.63) is 200 Å². The molecule has 0 saturated heterocycles. The predicted octanol–water partition coefficient (Wildman–Crippen LogP) is 14.4. The summed E-state index contributed by atoms with van der Waals surface area (Å²) in [6, 6.07) is 71.8. The molecule has 0 aliphatic rings. The minimum Gasteiger partial charge on any atom is -0.456 e. The van der Waals surface area contributed by atoms with E-state index in [1.807, 2.05) is 6.07 Å². The zero-order valence-corrected chi connectivity index (χ0v) is 28.4. The van der Waals surface area contributed by atoms with Gasteiger partial charge in [-0.2, -0.15) is 0 Å². The Labute approximate surface area is 302 Å². The lowest BCUT2D eigenvalue weighted by atomic mass is 9.96. The van der Waals surface area contributed by atoms with Crippen LogP contribution in [0.15, 0.2) is 205 Å². The molecule has 10 aromatic rings. The van der Waals surface area contributed by atoms with E-state index in [9.17, 15) is 0 Å². The van der Waals surface area contributed by atoms with Crippen LogP contribution in [0.1, 0.15) is 0 Å². The Morgan fingerprint density at radius 3 is 1.63 bits per heavy atom. The number of nitrogens with zero attached hydrogens (tertiary/aromatic N) is 1. The van der Waals surface area contributed by atoms with Gasteiger partial charge < -0.3 is 9.32 Å². The van der Waals surface area contributed by atoms with Gasteiger partial charge in [-0.1, -0.05) is 152 Å². The van der Waals surface area contributed by atoms with Gasteiger partial charge in [-0.15, -0.1) is 0 Å². The maximum atomic E-state index is 6.42. The molecule has 10 rings (SSSR count). The van der Waals surface area contributed by atoms with Gasteiger partial charge >= 0.3 is 0 Å². The largest absolute Gasteiger partial charge is 0.456 e.